The van der Waals surface area contributed by atoms with Crippen molar-refractivity contribution in [2.45, 2.75) is 5.92 Å². The molecule has 2 aromatic rings. The molecule has 0 radical (unpaired) electrons. The van der Waals surface area contributed by atoms with Gasteiger partial charge in [-0.1, -0.05) is 18.2 Å². The van der Waals surface area contributed by atoms with Gasteiger partial charge < -0.3 is 29.2 Å². The summed E-state index contributed by atoms with van der Waals surface area (Å²) in [6, 6.07) is 10.1. The fraction of sp³-hybridized carbons (Fsp3) is 0.211. The molecule has 0 aliphatic carbocycles. The third-order valence-corrected chi connectivity index (χ3v) is 4.44. The number of methoxy groups -OCH3 is 1. The number of aromatic hydroxyl groups is 1. The Balaban J connectivity index is 1.95. The third-order valence-electron chi connectivity index (χ3n) is 4.44. The van der Waals surface area contributed by atoms with E-state index in [9.17, 15) is 15.0 Å². The number of benzene rings is 2. The molecule has 0 aromatic heterocycles. The zero-order valence-corrected chi connectivity index (χ0v) is 13.9. The first-order valence-corrected chi connectivity index (χ1v) is 7.94. The van der Waals surface area contributed by atoms with Crippen molar-refractivity contribution in [3.63, 3.8) is 0 Å². The molecule has 0 fully saturated rings. The van der Waals surface area contributed by atoms with Crippen LogP contribution in [0.5, 0.6) is 23.0 Å². The number of phenolic OH excluding ortho intramolecular Hbond substituents is 1. The van der Waals surface area contributed by atoms with E-state index >= 15 is 0 Å². The van der Waals surface area contributed by atoms with E-state index < -0.39 is 11.9 Å². The molecule has 2 aliphatic heterocycles. The van der Waals surface area contributed by atoms with Crippen LogP contribution in [0.4, 0.5) is 0 Å². The Bertz CT molecular complexity index is 916. The van der Waals surface area contributed by atoms with Crippen LogP contribution in [0.3, 0.4) is 0 Å². The maximum Gasteiger partial charge on any atom is 0.338 e. The van der Waals surface area contributed by atoms with Crippen LogP contribution in [0.15, 0.2) is 47.7 Å². The van der Waals surface area contributed by atoms with Gasteiger partial charge in [0.1, 0.15) is 23.9 Å². The number of ether oxygens (including phenoxy) is 4. The summed E-state index contributed by atoms with van der Waals surface area (Å²) in [5.41, 5.74) is 1.03. The van der Waals surface area contributed by atoms with Crippen molar-refractivity contribution in [1.29, 1.82) is 0 Å². The average molecular weight is 356 g/mol. The van der Waals surface area contributed by atoms with E-state index in [4.69, 9.17) is 18.9 Å². The Hall–Kier alpha value is -3.35. The Kier molecular flexibility index (Phi) is 3.84. The van der Waals surface area contributed by atoms with E-state index in [1.165, 1.54) is 13.2 Å². The molecule has 7 heteroatoms. The highest BCUT2D eigenvalue weighted by Gasteiger charge is 2.37. The van der Waals surface area contributed by atoms with Crippen molar-refractivity contribution >= 4 is 5.97 Å². The Morgan fingerprint density at radius 3 is 2.46 bits per heavy atom. The number of cyclic esters (lactones) is 1. The van der Waals surface area contributed by atoms with Gasteiger partial charge in [0.15, 0.2) is 11.5 Å². The molecule has 0 saturated carbocycles. The molecule has 0 saturated heterocycles. The lowest BCUT2D eigenvalue weighted by Gasteiger charge is -2.21. The number of rotatable bonds is 4. The normalized spacial score (nSPS) is 16.6. The number of carbonyl (C=O) groups excluding carboxylic acids is 1. The number of aliphatic hydroxyl groups excluding tert-OH is 1. The summed E-state index contributed by atoms with van der Waals surface area (Å²) in [5.74, 6) is -0.338. The lowest BCUT2D eigenvalue weighted by molar-refractivity contribution is -0.136. The summed E-state index contributed by atoms with van der Waals surface area (Å²) in [6.07, 6.45) is 0. The quantitative estimate of drug-likeness (QED) is 0.813. The largest absolute Gasteiger partial charge is 0.508 e. The summed E-state index contributed by atoms with van der Waals surface area (Å²) in [4.78, 5) is 12.3. The van der Waals surface area contributed by atoms with E-state index in [1.807, 2.05) is 0 Å². The number of fused-ring (bicyclic) bond motifs is 1. The number of carbonyl (C=O) groups is 1. The number of aliphatic hydroxyl groups is 1. The molecular weight excluding hydrogens is 340 g/mol. The zero-order valence-electron chi connectivity index (χ0n) is 13.9. The summed E-state index contributed by atoms with van der Waals surface area (Å²) < 4.78 is 21.0. The van der Waals surface area contributed by atoms with E-state index in [0.29, 0.717) is 28.4 Å². The predicted molar refractivity (Wildman–Crippen MR) is 89.7 cm³/mol. The molecule has 0 amide bonds. The number of phenols is 1. The van der Waals surface area contributed by atoms with Gasteiger partial charge in [-0.15, -0.1) is 0 Å². The Labute approximate surface area is 149 Å². The molecule has 0 spiro atoms. The SMILES string of the molecule is COc1ccccc1[C@@H](C1=C(O)COC1=O)c1cc2c(cc1O)OCO2. The Morgan fingerprint density at radius 2 is 1.77 bits per heavy atom. The first-order valence-electron chi connectivity index (χ1n) is 7.94. The van der Waals surface area contributed by atoms with Crippen molar-refractivity contribution in [2.24, 2.45) is 0 Å². The lowest BCUT2D eigenvalue weighted by atomic mass is 9.83. The van der Waals surface area contributed by atoms with E-state index in [2.05, 4.69) is 0 Å². The predicted octanol–water partition coefficient (Wildman–Crippen LogP) is 2.63. The minimum absolute atomic E-state index is 0.0491. The van der Waals surface area contributed by atoms with Gasteiger partial charge in [-0.3, -0.25) is 0 Å². The number of hydrogen-bond acceptors (Lipinski definition) is 7. The van der Waals surface area contributed by atoms with E-state index in [-0.39, 0.29) is 30.5 Å². The topological polar surface area (TPSA) is 94.5 Å². The van der Waals surface area contributed by atoms with Crippen LogP contribution in [-0.2, 0) is 9.53 Å². The number of para-hydroxylation sites is 1. The average Bonchev–Trinajstić information content (AvgIpc) is 3.23. The molecule has 1 atom stereocenters. The smallest absolute Gasteiger partial charge is 0.338 e. The molecule has 0 unspecified atom stereocenters. The minimum Gasteiger partial charge on any atom is -0.508 e. The van der Waals surface area contributed by atoms with Gasteiger partial charge in [-0.05, 0) is 12.1 Å². The van der Waals surface area contributed by atoms with Crippen molar-refractivity contribution in [1.82, 2.24) is 0 Å². The molecule has 0 bridgehead atoms. The maximum absolute atomic E-state index is 12.3. The van der Waals surface area contributed by atoms with Crippen molar-refractivity contribution in [2.75, 3.05) is 20.5 Å². The first kappa shape index (κ1) is 16.1. The minimum atomic E-state index is -0.796. The monoisotopic (exact) mass is 356 g/mol. The Morgan fingerprint density at radius 1 is 1.04 bits per heavy atom. The van der Waals surface area contributed by atoms with Gasteiger partial charge in [0, 0.05) is 17.2 Å². The lowest BCUT2D eigenvalue weighted by Crippen LogP contribution is -2.13. The second-order valence-corrected chi connectivity index (χ2v) is 5.88. The highest BCUT2D eigenvalue weighted by atomic mass is 16.7. The molecule has 134 valence electrons. The van der Waals surface area contributed by atoms with Crippen LogP contribution in [-0.4, -0.2) is 36.7 Å². The van der Waals surface area contributed by atoms with Crippen molar-refractivity contribution in [3.05, 3.63) is 58.9 Å². The molecule has 2 aromatic carbocycles. The highest BCUT2D eigenvalue weighted by Crippen LogP contribution is 2.47. The van der Waals surface area contributed by atoms with Gasteiger partial charge in [0.05, 0.1) is 18.6 Å². The summed E-state index contributed by atoms with van der Waals surface area (Å²) in [6.45, 7) is -0.154. The molecule has 7 nitrogen and oxygen atoms in total. The molecular formula is C19H16O7. The summed E-state index contributed by atoms with van der Waals surface area (Å²) in [5, 5.41) is 20.8. The van der Waals surface area contributed by atoms with Crippen molar-refractivity contribution < 1.29 is 34.0 Å². The molecule has 26 heavy (non-hydrogen) atoms. The van der Waals surface area contributed by atoms with Gasteiger partial charge in [-0.2, -0.15) is 0 Å². The van der Waals surface area contributed by atoms with Crippen LogP contribution in [0, 0.1) is 0 Å². The fourth-order valence-electron chi connectivity index (χ4n) is 3.25. The van der Waals surface area contributed by atoms with Crippen LogP contribution in [0.2, 0.25) is 0 Å². The maximum atomic E-state index is 12.3. The molecule has 4 rings (SSSR count). The van der Waals surface area contributed by atoms with Crippen LogP contribution >= 0.6 is 0 Å². The number of hydrogen-bond donors (Lipinski definition) is 2. The molecule has 2 aliphatic rings. The van der Waals surface area contributed by atoms with Gasteiger partial charge in [0.2, 0.25) is 6.79 Å². The van der Waals surface area contributed by atoms with Crippen LogP contribution in [0.25, 0.3) is 0 Å². The summed E-state index contributed by atoms with van der Waals surface area (Å²) in [7, 11) is 1.51. The van der Waals surface area contributed by atoms with Gasteiger partial charge >= 0.3 is 5.97 Å². The third kappa shape index (κ3) is 2.48. The molecule has 2 heterocycles. The second-order valence-electron chi connectivity index (χ2n) is 5.88. The van der Waals surface area contributed by atoms with Crippen molar-refractivity contribution in [3.8, 4) is 23.0 Å². The van der Waals surface area contributed by atoms with E-state index in [1.54, 1.807) is 30.3 Å². The second kappa shape index (κ2) is 6.18. The fourth-order valence-corrected chi connectivity index (χ4v) is 3.25. The standard InChI is InChI=1S/C19H16O7/c1-23-14-5-3-2-4-10(14)17(18-13(21)8-24-19(18)22)11-6-15-16(7-12(11)20)26-9-25-15/h2-7,17,20-21H,8-9H2,1H3/t17-/m1/s1. The van der Waals surface area contributed by atoms with Crippen LogP contribution in [0.1, 0.15) is 17.0 Å². The van der Waals surface area contributed by atoms with Crippen LogP contribution < -0.4 is 14.2 Å². The highest BCUT2D eigenvalue weighted by molar-refractivity contribution is 5.94. The summed E-state index contributed by atoms with van der Waals surface area (Å²) >= 11 is 0. The van der Waals surface area contributed by atoms with Gasteiger partial charge in [-0.25, -0.2) is 4.79 Å². The first-order chi connectivity index (χ1) is 12.6. The zero-order chi connectivity index (χ0) is 18.3. The molecule has 2 N–H and O–H groups in total. The number of esters is 1. The van der Waals surface area contributed by atoms with Gasteiger partial charge in [0.25, 0.3) is 0 Å². The van der Waals surface area contributed by atoms with E-state index in [0.717, 1.165) is 0 Å².